The summed E-state index contributed by atoms with van der Waals surface area (Å²) in [4.78, 5) is 10.8. The number of rotatable bonds is 4. The molecule has 2 rings (SSSR count). The first kappa shape index (κ1) is 12.0. The molecule has 0 radical (unpaired) electrons. The SMILES string of the molecule is CCc1ccc2c(c1)C(CCNC(C)=O)CO2. The zero-order valence-corrected chi connectivity index (χ0v) is 10.5. The van der Waals surface area contributed by atoms with Crippen molar-refractivity contribution in [1.82, 2.24) is 5.32 Å². The zero-order valence-electron chi connectivity index (χ0n) is 10.5. The van der Waals surface area contributed by atoms with E-state index in [2.05, 4.69) is 30.4 Å². The Bertz CT molecular complexity index is 415. The Kier molecular flexibility index (Phi) is 3.67. The molecule has 0 spiro atoms. The molecule has 0 saturated heterocycles. The maximum absolute atomic E-state index is 10.8. The van der Waals surface area contributed by atoms with Gasteiger partial charge in [0.15, 0.2) is 0 Å². The molecule has 1 aromatic carbocycles. The van der Waals surface area contributed by atoms with Gasteiger partial charge in [0, 0.05) is 24.9 Å². The second kappa shape index (κ2) is 5.21. The molecule has 1 unspecified atom stereocenters. The van der Waals surface area contributed by atoms with E-state index in [-0.39, 0.29) is 5.91 Å². The minimum Gasteiger partial charge on any atom is -0.493 e. The molecule has 92 valence electrons. The summed E-state index contributed by atoms with van der Waals surface area (Å²) in [5.74, 6) is 1.46. The fourth-order valence-corrected chi connectivity index (χ4v) is 2.21. The number of fused-ring (bicyclic) bond motifs is 1. The van der Waals surface area contributed by atoms with E-state index in [0.717, 1.165) is 31.7 Å². The summed E-state index contributed by atoms with van der Waals surface area (Å²) < 4.78 is 5.66. The van der Waals surface area contributed by atoms with Crippen LogP contribution in [0.15, 0.2) is 18.2 Å². The molecule has 1 aromatic rings. The molecule has 17 heavy (non-hydrogen) atoms. The maximum atomic E-state index is 10.8. The van der Waals surface area contributed by atoms with Gasteiger partial charge in [0.1, 0.15) is 5.75 Å². The molecule has 0 saturated carbocycles. The molecule has 0 aliphatic carbocycles. The molecule has 1 amide bonds. The van der Waals surface area contributed by atoms with Gasteiger partial charge in [-0.25, -0.2) is 0 Å². The molecule has 0 bridgehead atoms. The molecule has 3 heteroatoms. The predicted octanol–water partition coefficient (Wildman–Crippen LogP) is 2.25. The van der Waals surface area contributed by atoms with Crippen LogP contribution in [0.25, 0.3) is 0 Å². The van der Waals surface area contributed by atoms with Crippen molar-refractivity contribution in [2.45, 2.75) is 32.6 Å². The Morgan fingerprint density at radius 2 is 2.35 bits per heavy atom. The number of aryl methyl sites for hydroxylation is 1. The standard InChI is InChI=1S/C14H19NO2/c1-3-11-4-5-14-13(8-11)12(9-17-14)6-7-15-10(2)16/h4-5,8,12H,3,6-7,9H2,1-2H3,(H,15,16). The highest BCUT2D eigenvalue weighted by atomic mass is 16.5. The van der Waals surface area contributed by atoms with Crippen molar-refractivity contribution in [3.05, 3.63) is 29.3 Å². The molecule has 1 heterocycles. The summed E-state index contributed by atoms with van der Waals surface area (Å²) in [6, 6.07) is 6.42. The fourth-order valence-electron chi connectivity index (χ4n) is 2.21. The number of hydrogen-bond donors (Lipinski definition) is 1. The van der Waals surface area contributed by atoms with Crippen molar-refractivity contribution >= 4 is 5.91 Å². The number of hydrogen-bond acceptors (Lipinski definition) is 2. The normalized spacial score (nSPS) is 17.4. The lowest BCUT2D eigenvalue weighted by atomic mass is 9.95. The molecule has 1 N–H and O–H groups in total. The van der Waals surface area contributed by atoms with Crippen LogP contribution in [0, 0.1) is 0 Å². The zero-order chi connectivity index (χ0) is 12.3. The molecular formula is C14H19NO2. The highest BCUT2D eigenvalue weighted by molar-refractivity contribution is 5.72. The van der Waals surface area contributed by atoms with Crippen molar-refractivity contribution in [2.75, 3.05) is 13.2 Å². The second-order valence-corrected chi connectivity index (χ2v) is 4.51. The number of carbonyl (C=O) groups is 1. The largest absolute Gasteiger partial charge is 0.493 e. The Morgan fingerprint density at radius 3 is 3.06 bits per heavy atom. The topological polar surface area (TPSA) is 38.3 Å². The van der Waals surface area contributed by atoms with Crippen molar-refractivity contribution in [3.63, 3.8) is 0 Å². The van der Waals surface area contributed by atoms with Crippen LogP contribution in [0.2, 0.25) is 0 Å². The number of benzene rings is 1. The Labute approximate surface area is 102 Å². The fraction of sp³-hybridized carbons (Fsp3) is 0.500. The first-order chi connectivity index (χ1) is 8.20. The number of ether oxygens (including phenoxy) is 1. The number of carbonyl (C=O) groups excluding carboxylic acids is 1. The van der Waals surface area contributed by atoms with Gasteiger partial charge in [0.25, 0.3) is 0 Å². The van der Waals surface area contributed by atoms with Crippen LogP contribution in [-0.4, -0.2) is 19.1 Å². The molecule has 0 fully saturated rings. The van der Waals surface area contributed by atoms with Crippen LogP contribution < -0.4 is 10.1 Å². The van der Waals surface area contributed by atoms with Gasteiger partial charge in [0.05, 0.1) is 6.61 Å². The summed E-state index contributed by atoms with van der Waals surface area (Å²) in [7, 11) is 0. The Hall–Kier alpha value is -1.51. The molecule has 1 aliphatic rings. The molecule has 0 aromatic heterocycles. The van der Waals surface area contributed by atoms with E-state index in [0.29, 0.717) is 5.92 Å². The van der Waals surface area contributed by atoms with Crippen LogP contribution in [0.4, 0.5) is 0 Å². The first-order valence-corrected chi connectivity index (χ1v) is 6.20. The number of amides is 1. The lowest BCUT2D eigenvalue weighted by Gasteiger charge is -2.09. The van der Waals surface area contributed by atoms with Crippen LogP contribution >= 0.6 is 0 Å². The molecule has 3 nitrogen and oxygen atoms in total. The average molecular weight is 233 g/mol. The second-order valence-electron chi connectivity index (χ2n) is 4.51. The third-order valence-corrected chi connectivity index (χ3v) is 3.23. The quantitative estimate of drug-likeness (QED) is 0.866. The van der Waals surface area contributed by atoms with Gasteiger partial charge in [-0.3, -0.25) is 4.79 Å². The van der Waals surface area contributed by atoms with Crippen LogP contribution in [0.3, 0.4) is 0 Å². The summed E-state index contributed by atoms with van der Waals surface area (Å²) >= 11 is 0. The van der Waals surface area contributed by atoms with Gasteiger partial charge >= 0.3 is 0 Å². The van der Waals surface area contributed by atoms with Gasteiger partial charge in [0.2, 0.25) is 5.91 Å². The average Bonchev–Trinajstić information content (AvgIpc) is 2.71. The van der Waals surface area contributed by atoms with Crippen molar-refractivity contribution < 1.29 is 9.53 Å². The Morgan fingerprint density at radius 1 is 1.53 bits per heavy atom. The van der Waals surface area contributed by atoms with Crippen LogP contribution in [-0.2, 0) is 11.2 Å². The molecule has 1 atom stereocenters. The van der Waals surface area contributed by atoms with Gasteiger partial charge in [-0.1, -0.05) is 19.1 Å². The maximum Gasteiger partial charge on any atom is 0.216 e. The minimum absolute atomic E-state index is 0.0337. The van der Waals surface area contributed by atoms with E-state index < -0.39 is 0 Å². The van der Waals surface area contributed by atoms with Gasteiger partial charge in [-0.15, -0.1) is 0 Å². The predicted molar refractivity (Wildman–Crippen MR) is 67.4 cm³/mol. The monoisotopic (exact) mass is 233 g/mol. The lowest BCUT2D eigenvalue weighted by Crippen LogP contribution is -2.22. The summed E-state index contributed by atoms with van der Waals surface area (Å²) in [5.41, 5.74) is 2.65. The van der Waals surface area contributed by atoms with Gasteiger partial charge in [-0.2, -0.15) is 0 Å². The van der Waals surface area contributed by atoms with Gasteiger partial charge < -0.3 is 10.1 Å². The van der Waals surface area contributed by atoms with E-state index in [1.807, 2.05) is 0 Å². The van der Waals surface area contributed by atoms with E-state index in [1.54, 1.807) is 6.92 Å². The number of nitrogens with one attached hydrogen (secondary N) is 1. The highest BCUT2D eigenvalue weighted by Crippen LogP contribution is 2.36. The van der Waals surface area contributed by atoms with Gasteiger partial charge in [-0.05, 0) is 24.5 Å². The van der Waals surface area contributed by atoms with Crippen LogP contribution in [0.5, 0.6) is 5.75 Å². The third-order valence-electron chi connectivity index (χ3n) is 3.23. The Balaban J connectivity index is 2.02. The summed E-state index contributed by atoms with van der Waals surface area (Å²) in [6.45, 7) is 5.17. The molecular weight excluding hydrogens is 214 g/mol. The first-order valence-electron chi connectivity index (χ1n) is 6.20. The van der Waals surface area contributed by atoms with Crippen molar-refractivity contribution in [2.24, 2.45) is 0 Å². The molecule has 1 aliphatic heterocycles. The van der Waals surface area contributed by atoms with Crippen molar-refractivity contribution in [1.29, 1.82) is 0 Å². The summed E-state index contributed by atoms with van der Waals surface area (Å²) in [6.07, 6.45) is 1.99. The summed E-state index contributed by atoms with van der Waals surface area (Å²) in [5, 5.41) is 2.84. The smallest absolute Gasteiger partial charge is 0.216 e. The highest BCUT2D eigenvalue weighted by Gasteiger charge is 2.23. The lowest BCUT2D eigenvalue weighted by molar-refractivity contribution is -0.118. The third kappa shape index (κ3) is 2.78. The van der Waals surface area contributed by atoms with E-state index >= 15 is 0 Å². The van der Waals surface area contributed by atoms with Crippen LogP contribution in [0.1, 0.15) is 37.3 Å². The van der Waals surface area contributed by atoms with E-state index in [9.17, 15) is 4.79 Å². The van der Waals surface area contributed by atoms with Crippen molar-refractivity contribution in [3.8, 4) is 5.75 Å². The minimum atomic E-state index is 0.0337. The van der Waals surface area contributed by atoms with E-state index in [1.165, 1.54) is 11.1 Å². The van der Waals surface area contributed by atoms with E-state index in [4.69, 9.17) is 4.74 Å².